The molecule has 1 aliphatic rings. The van der Waals surface area contributed by atoms with Crippen LogP contribution in [0.5, 0.6) is 5.75 Å². The van der Waals surface area contributed by atoms with Crippen LogP contribution < -0.4 is 4.74 Å². The normalized spacial score (nSPS) is 13.6. The van der Waals surface area contributed by atoms with Crippen molar-refractivity contribution in [1.82, 2.24) is 9.55 Å². The number of fused-ring (bicyclic) bond motifs is 1. The molecule has 3 rings (SSSR count). The molecule has 0 aliphatic carbocycles. The summed E-state index contributed by atoms with van der Waals surface area (Å²) in [5.41, 5.74) is 1.61. The minimum atomic E-state index is -0.457. The van der Waals surface area contributed by atoms with E-state index < -0.39 is 4.92 Å². The number of imidazole rings is 1. The second-order valence-corrected chi connectivity index (χ2v) is 5.11. The molecule has 0 atom stereocenters. The number of hydrogen-bond acceptors (Lipinski definition) is 5. The van der Waals surface area contributed by atoms with Gasteiger partial charge in [-0.05, 0) is 17.1 Å². The minimum absolute atomic E-state index is 0.0618. The van der Waals surface area contributed by atoms with Gasteiger partial charge in [0.05, 0.1) is 6.61 Å². The molecule has 110 valence electrons. The number of ether oxygens (including phenoxy) is 2. The molecule has 0 fully saturated rings. The lowest BCUT2D eigenvalue weighted by atomic mass is 10.1. The van der Waals surface area contributed by atoms with Crippen LogP contribution in [0.3, 0.4) is 0 Å². The summed E-state index contributed by atoms with van der Waals surface area (Å²) in [5.74, 6) is 1.17. The van der Waals surface area contributed by atoms with Gasteiger partial charge in [-0.1, -0.05) is 11.6 Å². The van der Waals surface area contributed by atoms with E-state index in [0.29, 0.717) is 23.2 Å². The van der Waals surface area contributed by atoms with Crippen LogP contribution in [-0.4, -0.2) is 21.3 Å². The predicted octanol–water partition coefficient (Wildman–Crippen LogP) is 2.67. The van der Waals surface area contributed by atoms with Crippen molar-refractivity contribution < 1.29 is 14.4 Å². The molecule has 2 heterocycles. The Labute approximate surface area is 125 Å². The van der Waals surface area contributed by atoms with Crippen LogP contribution >= 0.6 is 11.6 Å². The highest BCUT2D eigenvalue weighted by Crippen LogP contribution is 2.33. The maximum absolute atomic E-state index is 11.0. The number of benzene rings is 1. The highest BCUT2D eigenvalue weighted by Gasteiger charge is 2.22. The van der Waals surface area contributed by atoms with Crippen molar-refractivity contribution in [3.05, 3.63) is 50.4 Å². The Morgan fingerprint density at radius 3 is 3.10 bits per heavy atom. The average Bonchev–Trinajstić information content (AvgIpc) is 2.80. The van der Waals surface area contributed by atoms with Crippen LogP contribution in [0.4, 0.5) is 5.82 Å². The van der Waals surface area contributed by atoms with E-state index in [0.717, 1.165) is 11.1 Å². The monoisotopic (exact) mass is 309 g/mol. The highest BCUT2D eigenvalue weighted by molar-refractivity contribution is 6.30. The first-order valence-electron chi connectivity index (χ1n) is 6.24. The molecule has 1 aliphatic heterocycles. The third-order valence-electron chi connectivity index (χ3n) is 3.30. The van der Waals surface area contributed by atoms with E-state index in [2.05, 4.69) is 4.98 Å². The second-order valence-electron chi connectivity index (χ2n) is 4.67. The summed E-state index contributed by atoms with van der Waals surface area (Å²) >= 11 is 6.09. The fourth-order valence-corrected chi connectivity index (χ4v) is 2.61. The Hall–Kier alpha value is -2.12. The highest BCUT2D eigenvalue weighted by atomic mass is 35.5. The standard InChI is InChI=1S/C13H12ClN3O4/c1-8-15-4-12(17(18)19)16(8)5-9-2-11(14)3-10-6-20-7-21-13(9)10/h2-4H,5-7H2,1H3. The lowest BCUT2D eigenvalue weighted by Gasteiger charge is -2.20. The molecule has 7 nitrogen and oxygen atoms in total. The van der Waals surface area contributed by atoms with Gasteiger partial charge in [-0.2, -0.15) is 0 Å². The van der Waals surface area contributed by atoms with Crippen molar-refractivity contribution in [1.29, 1.82) is 0 Å². The van der Waals surface area contributed by atoms with Crippen molar-refractivity contribution in [2.75, 3.05) is 6.79 Å². The maximum atomic E-state index is 11.0. The first-order chi connectivity index (χ1) is 10.1. The summed E-state index contributed by atoms with van der Waals surface area (Å²) in [7, 11) is 0. The van der Waals surface area contributed by atoms with Crippen molar-refractivity contribution >= 4 is 17.4 Å². The van der Waals surface area contributed by atoms with E-state index >= 15 is 0 Å². The summed E-state index contributed by atoms with van der Waals surface area (Å²) in [6.07, 6.45) is 1.25. The summed E-state index contributed by atoms with van der Waals surface area (Å²) < 4.78 is 12.3. The first-order valence-corrected chi connectivity index (χ1v) is 6.62. The third kappa shape index (κ3) is 2.57. The molecule has 0 spiro atoms. The van der Waals surface area contributed by atoms with Crippen LogP contribution in [0.1, 0.15) is 17.0 Å². The van der Waals surface area contributed by atoms with Crippen molar-refractivity contribution in [2.24, 2.45) is 0 Å². The number of nitrogens with zero attached hydrogens (tertiary/aromatic N) is 3. The van der Waals surface area contributed by atoms with E-state index in [-0.39, 0.29) is 19.2 Å². The predicted molar refractivity (Wildman–Crippen MR) is 74.5 cm³/mol. The van der Waals surface area contributed by atoms with Gasteiger partial charge in [0.15, 0.2) is 12.6 Å². The zero-order chi connectivity index (χ0) is 15.0. The Bertz CT molecular complexity index is 714. The van der Waals surface area contributed by atoms with Gasteiger partial charge in [0.1, 0.15) is 18.5 Å². The summed E-state index contributed by atoms with van der Waals surface area (Å²) in [4.78, 5) is 14.6. The van der Waals surface area contributed by atoms with Gasteiger partial charge in [-0.25, -0.2) is 9.55 Å². The fraction of sp³-hybridized carbons (Fsp3) is 0.308. The zero-order valence-corrected chi connectivity index (χ0v) is 12.0. The smallest absolute Gasteiger partial charge is 0.343 e. The molecule has 0 bridgehead atoms. The lowest BCUT2D eigenvalue weighted by molar-refractivity contribution is -0.392. The number of hydrogen-bond donors (Lipinski definition) is 0. The Morgan fingerprint density at radius 2 is 2.33 bits per heavy atom. The maximum Gasteiger partial charge on any atom is 0.343 e. The van der Waals surface area contributed by atoms with Crippen LogP contribution in [0, 0.1) is 17.0 Å². The van der Waals surface area contributed by atoms with Crippen LogP contribution in [0.15, 0.2) is 18.3 Å². The molecule has 0 amide bonds. The van der Waals surface area contributed by atoms with E-state index in [4.69, 9.17) is 21.1 Å². The summed E-state index contributed by atoms with van der Waals surface area (Å²) in [6, 6.07) is 3.52. The van der Waals surface area contributed by atoms with Gasteiger partial charge in [0.25, 0.3) is 0 Å². The van der Waals surface area contributed by atoms with Gasteiger partial charge in [-0.15, -0.1) is 0 Å². The van der Waals surface area contributed by atoms with Crippen LogP contribution in [-0.2, 0) is 17.9 Å². The van der Waals surface area contributed by atoms with Crippen molar-refractivity contribution in [3.8, 4) is 5.75 Å². The second kappa shape index (κ2) is 5.34. The third-order valence-corrected chi connectivity index (χ3v) is 3.52. The van der Waals surface area contributed by atoms with Crippen molar-refractivity contribution in [3.63, 3.8) is 0 Å². The molecule has 0 saturated carbocycles. The number of nitro groups is 1. The number of rotatable bonds is 3. The molecule has 1 aromatic heterocycles. The van der Waals surface area contributed by atoms with Crippen LogP contribution in [0.25, 0.3) is 0 Å². The average molecular weight is 310 g/mol. The van der Waals surface area contributed by atoms with E-state index in [1.165, 1.54) is 10.8 Å². The molecule has 0 saturated heterocycles. The molecule has 0 unspecified atom stereocenters. The molecule has 21 heavy (non-hydrogen) atoms. The largest absolute Gasteiger partial charge is 0.467 e. The quantitative estimate of drug-likeness (QED) is 0.643. The first kappa shape index (κ1) is 13.8. The minimum Gasteiger partial charge on any atom is -0.467 e. The number of aryl methyl sites for hydroxylation is 1. The van der Waals surface area contributed by atoms with Gasteiger partial charge in [0.2, 0.25) is 0 Å². The molecule has 0 N–H and O–H groups in total. The fourth-order valence-electron chi connectivity index (χ4n) is 2.34. The molecular weight excluding hydrogens is 298 g/mol. The van der Waals surface area contributed by atoms with E-state index in [9.17, 15) is 10.1 Å². The summed E-state index contributed by atoms with van der Waals surface area (Å²) in [6.45, 7) is 2.56. The Morgan fingerprint density at radius 1 is 1.52 bits per heavy atom. The lowest BCUT2D eigenvalue weighted by Crippen LogP contribution is -2.15. The molecule has 8 heteroatoms. The zero-order valence-electron chi connectivity index (χ0n) is 11.2. The number of aromatic nitrogens is 2. The van der Waals surface area contributed by atoms with Gasteiger partial charge in [-0.3, -0.25) is 0 Å². The molecule has 0 radical (unpaired) electrons. The molecule has 1 aromatic carbocycles. The van der Waals surface area contributed by atoms with E-state index in [1.807, 2.05) is 0 Å². The Kier molecular flexibility index (Phi) is 3.52. The van der Waals surface area contributed by atoms with Gasteiger partial charge < -0.3 is 19.6 Å². The Balaban J connectivity index is 2.04. The number of halogens is 1. The van der Waals surface area contributed by atoms with E-state index in [1.54, 1.807) is 19.1 Å². The molecule has 2 aromatic rings. The topological polar surface area (TPSA) is 79.4 Å². The van der Waals surface area contributed by atoms with Crippen molar-refractivity contribution in [2.45, 2.75) is 20.1 Å². The summed E-state index contributed by atoms with van der Waals surface area (Å²) in [5, 5.41) is 11.6. The SMILES string of the molecule is Cc1ncc([N+](=O)[O-])n1Cc1cc(Cl)cc2c1OCOC2. The van der Waals surface area contributed by atoms with Gasteiger partial charge in [0, 0.05) is 23.1 Å². The molecular formula is C13H12ClN3O4. The van der Waals surface area contributed by atoms with Crippen LogP contribution in [0.2, 0.25) is 5.02 Å². The van der Waals surface area contributed by atoms with Gasteiger partial charge >= 0.3 is 5.82 Å².